The quantitative estimate of drug-likeness (QED) is 0.713. The van der Waals surface area contributed by atoms with Crippen molar-refractivity contribution in [1.82, 2.24) is 0 Å². The van der Waals surface area contributed by atoms with Crippen LogP contribution in [0.2, 0.25) is 5.02 Å². The molecule has 0 saturated carbocycles. The Morgan fingerprint density at radius 2 is 1.85 bits per heavy atom. The van der Waals surface area contributed by atoms with Crippen LogP contribution in [-0.2, 0) is 11.2 Å². The average Bonchev–Trinajstić information content (AvgIpc) is 2.54. The summed E-state index contributed by atoms with van der Waals surface area (Å²) in [6.45, 7) is 0. The molecule has 3 nitrogen and oxygen atoms in total. The molecule has 1 aliphatic heterocycles. The molecule has 1 atom stereocenters. The van der Waals surface area contributed by atoms with E-state index in [9.17, 15) is 23.1 Å². The summed E-state index contributed by atoms with van der Waals surface area (Å²) in [5, 5.41) is 11.3. The van der Waals surface area contributed by atoms with Gasteiger partial charge in [-0.2, -0.15) is 13.2 Å². The first-order valence-corrected chi connectivity index (χ1v) is 7.66. The predicted octanol–water partition coefficient (Wildman–Crippen LogP) is 0.391. The molecule has 0 N–H and O–H groups in total. The fourth-order valence-electron chi connectivity index (χ4n) is 2.62. The Hall–Kier alpha value is -1.47. The number of carboxylic acids is 1. The van der Waals surface area contributed by atoms with Crippen LogP contribution in [0.1, 0.15) is 16.7 Å². The first kappa shape index (κ1) is 20.8. The van der Waals surface area contributed by atoms with Gasteiger partial charge < -0.3 is 14.6 Å². The van der Waals surface area contributed by atoms with Crippen molar-refractivity contribution in [2.24, 2.45) is 0 Å². The Morgan fingerprint density at radius 3 is 2.42 bits per heavy atom. The summed E-state index contributed by atoms with van der Waals surface area (Å²) in [7, 11) is 0. The molecule has 26 heavy (non-hydrogen) atoms. The van der Waals surface area contributed by atoms with Crippen LogP contribution >= 0.6 is 11.6 Å². The number of carbonyl (C=O) groups is 1. The number of carboxylic acid groups (broad SMARTS) is 1. The van der Waals surface area contributed by atoms with Crippen LogP contribution in [0.4, 0.5) is 13.2 Å². The van der Waals surface area contributed by atoms with Crippen molar-refractivity contribution in [2.75, 3.05) is 0 Å². The van der Waals surface area contributed by atoms with Gasteiger partial charge in [0.1, 0.15) is 5.75 Å². The third-order valence-corrected chi connectivity index (χ3v) is 4.14. The number of ether oxygens (including phenoxy) is 1. The molecule has 1 heterocycles. The molecule has 130 valence electrons. The summed E-state index contributed by atoms with van der Waals surface area (Å²) in [6, 6.07) is 12.1. The van der Waals surface area contributed by atoms with Crippen LogP contribution in [0.3, 0.4) is 0 Å². The maximum absolute atomic E-state index is 13.1. The first-order valence-electron chi connectivity index (χ1n) is 7.28. The Balaban J connectivity index is 0.00000243. The van der Waals surface area contributed by atoms with Crippen molar-refractivity contribution >= 4 is 23.6 Å². The van der Waals surface area contributed by atoms with Crippen molar-refractivity contribution in [3.05, 3.63) is 69.8 Å². The van der Waals surface area contributed by atoms with Gasteiger partial charge in [0.25, 0.3) is 0 Å². The molecule has 0 aliphatic carbocycles. The molecular weight excluding hydrogens is 380 g/mol. The fraction of sp³-hybridized carbons (Fsp3) is 0.167. The van der Waals surface area contributed by atoms with Crippen molar-refractivity contribution in [1.29, 1.82) is 0 Å². The van der Waals surface area contributed by atoms with Gasteiger partial charge in [0.05, 0.1) is 5.97 Å². The van der Waals surface area contributed by atoms with E-state index < -0.39 is 23.8 Å². The average molecular weight is 391 g/mol. The molecule has 2 aromatic rings. The van der Waals surface area contributed by atoms with Crippen molar-refractivity contribution in [2.45, 2.75) is 18.7 Å². The zero-order valence-corrected chi connectivity index (χ0v) is 16.4. The molecule has 0 fully saturated rings. The second kappa shape index (κ2) is 8.05. The minimum atomic E-state index is -4.87. The van der Waals surface area contributed by atoms with Gasteiger partial charge in [0.15, 0.2) is 0 Å². The maximum Gasteiger partial charge on any atom is 1.00 e. The van der Waals surface area contributed by atoms with Gasteiger partial charge in [-0.3, -0.25) is 0 Å². The van der Waals surface area contributed by atoms with Crippen LogP contribution in [0.15, 0.2) is 48.0 Å². The standard InChI is InChI=1S/C18H12ClF3O3.Na/c19-14-8-12-7-13(17(23)24)16(18(20,21)22)25-15(12)9-11(14)6-10-4-2-1-3-5-10;/h1-5,7-9,16H,6H2,(H,23,24);/q;+1/p-1/t16-;/m0./s1. The van der Waals surface area contributed by atoms with E-state index in [4.69, 9.17) is 16.3 Å². The van der Waals surface area contributed by atoms with Gasteiger partial charge in [-0.25, -0.2) is 0 Å². The van der Waals surface area contributed by atoms with E-state index >= 15 is 0 Å². The van der Waals surface area contributed by atoms with Crippen LogP contribution < -0.4 is 39.4 Å². The largest absolute Gasteiger partial charge is 1.00 e. The van der Waals surface area contributed by atoms with Crippen LogP contribution in [0.25, 0.3) is 6.08 Å². The second-order valence-electron chi connectivity index (χ2n) is 5.57. The predicted molar refractivity (Wildman–Crippen MR) is 84.2 cm³/mol. The van der Waals surface area contributed by atoms with E-state index in [1.807, 2.05) is 30.3 Å². The summed E-state index contributed by atoms with van der Waals surface area (Å²) < 4.78 is 44.2. The summed E-state index contributed by atoms with van der Waals surface area (Å²) in [4.78, 5) is 11.0. The van der Waals surface area contributed by atoms with Crippen molar-refractivity contribution in [3.8, 4) is 5.75 Å². The van der Waals surface area contributed by atoms with Gasteiger partial charge in [0.2, 0.25) is 6.10 Å². The molecule has 0 bridgehead atoms. The summed E-state index contributed by atoms with van der Waals surface area (Å²) in [5.41, 5.74) is 0.699. The maximum atomic E-state index is 13.1. The minimum absolute atomic E-state index is 0. The van der Waals surface area contributed by atoms with E-state index in [0.717, 1.165) is 11.6 Å². The van der Waals surface area contributed by atoms with E-state index in [2.05, 4.69) is 0 Å². The molecular formula is C18H11ClF3NaO3. The number of benzene rings is 2. The molecule has 0 unspecified atom stereocenters. The number of hydrogen-bond donors (Lipinski definition) is 0. The van der Waals surface area contributed by atoms with E-state index in [1.165, 1.54) is 12.1 Å². The Labute approximate surface area is 174 Å². The topological polar surface area (TPSA) is 49.4 Å². The number of halogens is 4. The third kappa shape index (κ3) is 4.43. The number of aliphatic carboxylic acids is 1. The number of carbonyl (C=O) groups excluding carboxylic acids is 1. The summed E-state index contributed by atoms with van der Waals surface area (Å²) in [6.07, 6.45) is -6.15. The number of hydrogen-bond acceptors (Lipinski definition) is 3. The second-order valence-corrected chi connectivity index (χ2v) is 5.98. The molecule has 2 aromatic carbocycles. The van der Waals surface area contributed by atoms with Gasteiger partial charge >= 0.3 is 35.7 Å². The molecule has 1 aliphatic rings. The molecule has 0 spiro atoms. The normalized spacial score (nSPS) is 16.0. The Bertz CT molecular complexity index is 851. The van der Waals surface area contributed by atoms with Crippen LogP contribution in [-0.4, -0.2) is 18.2 Å². The third-order valence-electron chi connectivity index (χ3n) is 3.79. The minimum Gasteiger partial charge on any atom is -0.545 e. The zero-order chi connectivity index (χ0) is 18.2. The molecule has 3 rings (SSSR count). The van der Waals surface area contributed by atoms with Crippen molar-refractivity contribution < 1.29 is 57.4 Å². The first-order chi connectivity index (χ1) is 11.8. The van der Waals surface area contributed by atoms with Gasteiger partial charge in [-0.15, -0.1) is 0 Å². The zero-order valence-electron chi connectivity index (χ0n) is 13.6. The van der Waals surface area contributed by atoms with Gasteiger partial charge in [0, 0.05) is 16.2 Å². The molecule has 0 saturated heterocycles. The number of alkyl halides is 3. The monoisotopic (exact) mass is 390 g/mol. The van der Waals surface area contributed by atoms with E-state index in [1.54, 1.807) is 0 Å². The molecule has 8 heteroatoms. The molecule has 0 amide bonds. The molecule has 0 aromatic heterocycles. The summed E-state index contributed by atoms with van der Waals surface area (Å²) >= 11 is 6.19. The van der Waals surface area contributed by atoms with Crippen LogP contribution in [0, 0.1) is 0 Å². The summed E-state index contributed by atoms with van der Waals surface area (Å²) in [5.74, 6) is -2.00. The SMILES string of the molecule is O=C([O-])C1=Cc2cc(Cl)c(Cc3ccccc3)cc2O[C@@H]1C(F)(F)F.[Na+]. The van der Waals surface area contributed by atoms with E-state index in [0.29, 0.717) is 17.0 Å². The van der Waals surface area contributed by atoms with Gasteiger partial charge in [-0.1, -0.05) is 41.9 Å². The smallest absolute Gasteiger partial charge is 0.545 e. The van der Waals surface area contributed by atoms with Crippen LogP contribution in [0.5, 0.6) is 5.75 Å². The Kier molecular flexibility index (Phi) is 6.45. The Morgan fingerprint density at radius 1 is 1.19 bits per heavy atom. The van der Waals surface area contributed by atoms with E-state index in [-0.39, 0.29) is 40.9 Å². The van der Waals surface area contributed by atoms with Crippen molar-refractivity contribution in [3.63, 3.8) is 0 Å². The van der Waals surface area contributed by atoms with Gasteiger partial charge in [-0.05, 0) is 35.8 Å². The number of rotatable bonds is 3. The number of fused-ring (bicyclic) bond motifs is 1. The fourth-order valence-corrected chi connectivity index (χ4v) is 2.86. The molecule has 0 radical (unpaired) electrons.